The fourth-order valence-corrected chi connectivity index (χ4v) is 2.38. The van der Waals surface area contributed by atoms with Crippen LogP contribution in [0.4, 0.5) is 23.7 Å². The van der Waals surface area contributed by atoms with Gasteiger partial charge in [0.15, 0.2) is 0 Å². The molecular weight excluding hydrogens is 375 g/mol. The van der Waals surface area contributed by atoms with Crippen LogP contribution >= 0.6 is 0 Å². The van der Waals surface area contributed by atoms with E-state index in [9.17, 15) is 22.8 Å². The molecule has 5 nitrogen and oxygen atoms in total. The number of nitrogens with zero attached hydrogens (tertiary/aromatic N) is 1. The molecule has 0 atom stereocenters. The Morgan fingerprint density at radius 3 is 2.39 bits per heavy atom. The number of hydrogen-bond donors (Lipinski definition) is 0. The summed E-state index contributed by atoms with van der Waals surface area (Å²) in [7, 11) is 1.05. The SMILES string of the molecule is C=CCN(C(=O)OCc1ccccc1)c1cc(C(=O)OC)cc(C(F)(F)F)c1. The number of halogens is 3. The van der Waals surface area contributed by atoms with Gasteiger partial charge in [0, 0.05) is 12.2 Å². The predicted molar refractivity (Wildman–Crippen MR) is 97.0 cm³/mol. The number of esters is 1. The van der Waals surface area contributed by atoms with Crippen molar-refractivity contribution >= 4 is 17.7 Å². The highest BCUT2D eigenvalue weighted by molar-refractivity contribution is 5.94. The van der Waals surface area contributed by atoms with Gasteiger partial charge in [0.1, 0.15) is 6.61 Å². The standard InChI is InChI=1S/C20H18F3NO4/c1-3-9-24(19(26)28-13-14-7-5-4-6-8-14)17-11-15(18(25)27-2)10-16(12-17)20(21,22)23/h3-8,10-12H,1,9,13H2,2H3. The van der Waals surface area contributed by atoms with Crippen molar-refractivity contribution in [3.8, 4) is 0 Å². The predicted octanol–water partition coefficient (Wildman–Crippen LogP) is 4.82. The molecule has 0 aromatic heterocycles. The Morgan fingerprint density at radius 1 is 1.14 bits per heavy atom. The van der Waals surface area contributed by atoms with Gasteiger partial charge in [-0.1, -0.05) is 36.4 Å². The zero-order chi connectivity index (χ0) is 20.7. The number of ether oxygens (including phenoxy) is 2. The van der Waals surface area contributed by atoms with Gasteiger partial charge >= 0.3 is 18.2 Å². The van der Waals surface area contributed by atoms with Gasteiger partial charge < -0.3 is 9.47 Å². The molecule has 0 N–H and O–H groups in total. The molecule has 0 bridgehead atoms. The molecule has 0 aliphatic carbocycles. The molecule has 0 saturated carbocycles. The molecule has 0 saturated heterocycles. The molecule has 28 heavy (non-hydrogen) atoms. The largest absolute Gasteiger partial charge is 0.465 e. The lowest BCUT2D eigenvalue weighted by Crippen LogP contribution is -2.32. The second kappa shape index (κ2) is 9.07. The van der Waals surface area contributed by atoms with Crippen molar-refractivity contribution < 1.29 is 32.2 Å². The van der Waals surface area contributed by atoms with Crippen LogP contribution in [0.2, 0.25) is 0 Å². The zero-order valence-electron chi connectivity index (χ0n) is 15.0. The average Bonchev–Trinajstić information content (AvgIpc) is 2.69. The van der Waals surface area contributed by atoms with E-state index in [0.717, 1.165) is 24.1 Å². The summed E-state index contributed by atoms with van der Waals surface area (Å²) in [5, 5.41) is 0. The van der Waals surface area contributed by atoms with Gasteiger partial charge in [0.2, 0.25) is 0 Å². The molecule has 148 valence electrons. The Hall–Kier alpha value is -3.29. The van der Waals surface area contributed by atoms with Crippen molar-refractivity contribution in [1.29, 1.82) is 0 Å². The van der Waals surface area contributed by atoms with E-state index < -0.39 is 23.8 Å². The first-order valence-electron chi connectivity index (χ1n) is 8.16. The Kier molecular flexibility index (Phi) is 6.81. The molecule has 0 aliphatic heterocycles. The van der Waals surface area contributed by atoms with E-state index in [1.165, 1.54) is 6.08 Å². The fourth-order valence-electron chi connectivity index (χ4n) is 2.38. The molecule has 0 fully saturated rings. The van der Waals surface area contributed by atoms with E-state index >= 15 is 0 Å². The summed E-state index contributed by atoms with van der Waals surface area (Å²) in [5.74, 6) is -0.955. The number of anilines is 1. The molecule has 0 spiro atoms. The summed E-state index contributed by atoms with van der Waals surface area (Å²) in [6, 6.07) is 11.4. The number of carbonyl (C=O) groups excluding carboxylic acids is 2. The second-order valence-electron chi connectivity index (χ2n) is 5.70. The molecule has 0 radical (unpaired) electrons. The van der Waals surface area contributed by atoms with Gasteiger partial charge in [-0.25, -0.2) is 9.59 Å². The highest BCUT2D eigenvalue weighted by Gasteiger charge is 2.33. The minimum absolute atomic E-state index is 0.0594. The number of methoxy groups -OCH3 is 1. The van der Waals surface area contributed by atoms with Crippen molar-refractivity contribution in [3.63, 3.8) is 0 Å². The lowest BCUT2D eigenvalue weighted by Gasteiger charge is -2.22. The maximum atomic E-state index is 13.2. The Bertz CT molecular complexity index is 850. The number of hydrogen-bond acceptors (Lipinski definition) is 4. The first-order chi connectivity index (χ1) is 13.3. The van der Waals surface area contributed by atoms with Crippen LogP contribution in [0.25, 0.3) is 0 Å². The molecule has 0 heterocycles. The molecule has 2 rings (SSSR count). The number of carbonyl (C=O) groups is 2. The quantitative estimate of drug-likeness (QED) is 0.522. The van der Waals surface area contributed by atoms with Crippen LogP contribution in [0.15, 0.2) is 61.2 Å². The van der Waals surface area contributed by atoms with E-state index in [1.807, 2.05) is 0 Å². The summed E-state index contributed by atoms with van der Waals surface area (Å²) in [6.07, 6.45) is -4.26. The van der Waals surface area contributed by atoms with Crippen molar-refractivity contribution in [2.24, 2.45) is 0 Å². The van der Waals surface area contributed by atoms with Crippen LogP contribution < -0.4 is 4.90 Å². The van der Waals surface area contributed by atoms with Gasteiger partial charge in [-0.3, -0.25) is 4.90 Å². The zero-order valence-corrected chi connectivity index (χ0v) is 15.0. The summed E-state index contributed by atoms with van der Waals surface area (Å²) in [4.78, 5) is 25.2. The van der Waals surface area contributed by atoms with E-state index in [-0.39, 0.29) is 24.4 Å². The highest BCUT2D eigenvalue weighted by Crippen LogP contribution is 2.33. The lowest BCUT2D eigenvalue weighted by atomic mass is 10.1. The molecule has 8 heteroatoms. The summed E-state index contributed by atoms with van der Waals surface area (Å²) < 4.78 is 49.4. The van der Waals surface area contributed by atoms with Crippen molar-refractivity contribution in [3.05, 3.63) is 77.9 Å². The second-order valence-corrected chi connectivity index (χ2v) is 5.70. The Morgan fingerprint density at radius 2 is 1.82 bits per heavy atom. The number of amides is 1. The lowest BCUT2D eigenvalue weighted by molar-refractivity contribution is -0.137. The molecular formula is C20H18F3NO4. The first-order valence-corrected chi connectivity index (χ1v) is 8.16. The third-order valence-corrected chi connectivity index (χ3v) is 3.72. The van der Waals surface area contributed by atoms with Gasteiger partial charge in [0.05, 0.1) is 18.2 Å². The minimum atomic E-state index is -4.72. The third kappa shape index (κ3) is 5.35. The van der Waals surface area contributed by atoms with Crippen molar-refractivity contribution in [2.75, 3.05) is 18.6 Å². The van der Waals surface area contributed by atoms with Gasteiger partial charge in [-0.2, -0.15) is 13.2 Å². The molecule has 1 amide bonds. The Labute approximate surface area is 160 Å². The van der Waals surface area contributed by atoms with Crippen LogP contribution in [0, 0.1) is 0 Å². The van der Waals surface area contributed by atoms with E-state index in [4.69, 9.17) is 4.74 Å². The average molecular weight is 393 g/mol. The third-order valence-electron chi connectivity index (χ3n) is 3.72. The molecule has 2 aromatic carbocycles. The number of rotatable bonds is 6. The van der Waals surface area contributed by atoms with Gasteiger partial charge in [-0.05, 0) is 23.8 Å². The monoisotopic (exact) mass is 393 g/mol. The molecule has 0 aliphatic rings. The normalized spacial score (nSPS) is 10.9. The smallest absolute Gasteiger partial charge is 0.416 e. The van der Waals surface area contributed by atoms with E-state index in [2.05, 4.69) is 11.3 Å². The van der Waals surface area contributed by atoms with Crippen molar-refractivity contribution in [1.82, 2.24) is 0 Å². The van der Waals surface area contributed by atoms with Crippen molar-refractivity contribution in [2.45, 2.75) is 12.8 Å². The number of alkyl halides is 3. The van der Waals surface area contributed by atoms with Crippen LogP contribution in [0.3, 0.4) is 0 Å². The topological polar surface area (TPSA) is 55.8 Å². The van der Waals surface area contributed by atoms with Crippen LogP contribution in [-0.2, 0) is 22.3 Å². The van der Waals surface area contributed by atoms with Crippen LogP contribution in [0.1, 0.15) is 21.5 Å². The van der Waals surface area contributed by atoms with Crippen LogP contribution in [0.5, 0.6) is 0 Å². The summed E-state index contributed by atoms with van der Waals surface area (Å²) >= 11 is 0. The van der Waals surface area contributed by atoms with Gasteiger partial charge in [-0.15, -0.1) is 6.58 Å². The molecule has 2 aromatic rings. The van der Waals surface area contributed by atoms with Gasteiger partial charge in [0.25, 0.3) is 0 Å². The minimum Gasteiger partial charge on any atom is -0.465 e. The maximum absolute atomic E-state index is 13.2. The summed E-state index contributed by atoms with van der Waals surface area (Å²) in [6.45, 7) is 3.33. The van der Waals surface area contributed by atoms with E-state index in [1.54, 1.807) is 30.3 Å². The Balaban J connectivity index is 2.36. The van der Waals surface area contributed by atoms with Crippen LogP contribution in [-0.4, -0.2) is 25.7 Å². The summed E-state index contributed by atoms with van der Waals surface area (Å²) in [5.41, 5.74) is -0.866. The first kappa shape index (κ1) is 21.0. The highest BCUT2D eigenvalue weighted by atomic mass is 19.4. The molecule has 0 unspecified atom stereocenters. The number of benzene rings is 2. The van der Waals surface area contributed by atoms with E-state index in [0.29, 0.717) is 11.6 Å². The fraction of sp³-hybridized carbons (Fsp3) is 0.200. The maximum Gasteiger partial charge on any atom is 0.416 e.